The van der Waals surface area contributed by atoms with Gasteiger partial charge in [-0.3, -0.25) is 4.98 Å². The summed E-state index contributed by atoms with van der Waals surface area (Å²) < 4.78 is 7.51. The molecule has 0 aliphatic carbocycles. The minimum Gasteiger partial charge on any atom is -0.463 e. The largest absolute Gasteiger partial charge is 0.463 e. The van der Waals surface area contributed by atoms with E-state index in [4.69, 9.17) is 4.42 Å². The van der Waals surface area contributed by atoms with Crippen LogP contribution in [-0.4, -0.2) is 14.4 Å². The molecule has 0 saturated carbocycles. The highest BCUT2D eigenvalue weighted by Gasteiger charge is 2.09. The molecule has 0 aliphatic heterocycles. The van der Waals surface area contributed by atoms with E-state index in [1.165, 1.54) is 0 Å². The van der Waals surface area contributed by atoms with Crippen LogP contribution < -0.4 is 0 Å². The van der Waals surface area contributed by atoms with Crippen molar-refractivity contribution in [1.29, 1.82) is 0 Å². The molecule has 4 rings (SSSR count). The van der Waals surface area contributed by atoms with Gasteiger partial charge in [0.15, 0.2) is 0 Å². The zero-order valence-corrected chi connectivity index (χ0v) is 8.29. The van der Waals surface area contributed by atoms with Gasteiger partial charge in [-0.2, -0.15) is 0 Å². The Bertz CT molecular complexity index is 813. The van der Waals surface area contributed by atoms with E-state index in [9.17, 15) is 0 Å². The maximum absolute atomic E-state index is 5.56. The topological polar surface area (TPSA) is 43.3 Å². The van der Waals surface area contributed by atoms with Crippen LogP contribution in [0.15, 0.2) is 47.6 Å². The van der Waals surface area contributed by atoms with E-state index in [1.807, 2.05) is 28.8 Å². The Hall–Kier alpha value is -2.36. The number of hydrogen-bond acceptors (Lipinski definition) is 3. The molecule has 76 valence electrons. The third kappa shape index (κ3) is 0.839. The summed E-state index contributed by atoms with van der Waals surface area (Å²) in [4.78, 5) is 8.68. The van der Waals surface area contributed by atoms with Gasteiger partial charge in [-0.15, -0.1) is 0 Å². The van der Waals surface area contributed by atoms with Gasteiger partial charge in [-0.05, 0) is 12.1 Å². The van der Waals surface area contributed by atoms with Crippen LogP contribution in [0.1, 0.15) is 0 Å². The van der Waals surface area contributed by atoms with Crippen molar-refractivity contribution in [1.82, 2.24) is 14.4 Å². The highest BCUT2D eigenvalue weighted by Crippen LogP contribution is 2.26. The van der Waals surface area contributed by atoms with Crippen molar-refractivity contribution in [2.75, 3.05) is 0 Å². The molecule has 0 amide bonds. The normalized spacial score (nSPS) is 11.8. The van der Waals surface area contributed by atoms with Gasteiger partial charge in [-0.25, -0.2) is 4.98 Å². The van der Waals surface area contributed by atoms with E-state index in [0.29, 0.717) is 0 Å². The molecule has 3 aromatic heterocycles. The van der Waals surface area contributed by atoms with Crippen LogP contribution in [0.5, 0.6) is 0 Å². The summed E-state index contributed by atoms with van der Waals surface area (Å²) in [5.74, 6) is 0. The van der Waals surface area contributed by atoms with Crippen molar-refractivity contribution in [3.63, 3.8) is 0 Å². The lowest BCUT2D eigenvalue weighted by molar-refractivity contribution is 0.605. The summed E-state index contributed by atoms with van der Waals surface area (Å²) in [5, 5.41) is 1.02. The van der Waals surface area contributed by atoms with Crippen molar-refractivity contribution in [3.8, 4) is 0 Å². The van der Waals surface area contributed by atoms with E-state index in [0.717, 1.165) is 27.5 Å². The molecular formula is C12H7N3O. The molecule has 3 heterocycles. The molecule has 4 nitrogen and oxygen atoms in total. The third-order valence-corrected chi connectivity index (χ3v) is 2.81. The Morgan fingerprint density at radius 1 is 1.12 bits per heavy atom. The average Bonchev–Trinajstić information content (AvgIpc) is 2.64. The summed E-state index contributed by atoms with van der Waals surface area (Å²) in [7, 11) is 0. The summed E-state index contributed by atoms with van der Waals surface area (Å²) in [6.07, 6.45) is 7.08. The van der Waals surface area contributed by atoms with Crippen LogP contribution in [0.3, 0.4) is 0 Å². The Kier molecular flexibility index (Phi) is 1.28. The highest BCUT2D eigenvalue weighted by atomic mass is 16.3. The van der Waals surface area contributed by atoms with Gasteiger partial charge in [0.2, 0.25) is 0 Å². The van der Waals surface area contributed by atoms with Gasteiger partial charge < -0.3 is 8.82 Å². The molecule has 0 fully saturated rings. The number of nitrogens with zero attached hydrogens (tertiary/aromatic N) is 3. The second-order valence-corrected chi connectivity index (χ2v) is 3.70. The minimum absolute atomic E-state index is 0.825. The first-order valence-electron chi connectivity index (χ1n) is 5.01. The number of rotatable bonds is 0. The molecule has 0 aliphatic rings. The van der Waals surface area contributed by atoms with Gasteiger partial charge in [0.1, 0.15) is 23.7 Å². The molecule has 0 atom stereocenters. The van der Waals surface area contributed by atoms with Crippen LogP contribution >= 0.6 is 0 Å². The van der Waals surface area contributed by atoms with Crippen LogP contribution in [-0.2, 0) is 0 Å². The molecule has 0 radical (unpaired) electrons. The standard InChI is InChI=1S/C12H7N3O/c1-2-8-11-10(3-1)16-5-4-15-7-14-9(6-13-8)12(11)15/h1-7H. The lowest BCUT2D eigenvalue weighted by Gasteiger charge is -1.98. The van der Waals surface area contributed by atoms with Crippen molar-refractivity contribution in [2.45, 2.75) is 0 Å². The number of hydrogen-bond donors (Lipinski definition) is 0. The maximum Gasteiger partial charge on any atom is 0.138 e. The molecule has 0 spiro atoms. The number of benzene rings is 1. The molecule has 4 heteroatoms. The van der Waals surface area contributed by atoms with E-state index in [-0.39, 0.29) is 0 Å². The number of pyridine rings is 1. The van der Waals surface area contributed by atoms with Crippen molar-refractivity contribution in [3.05, 3.63) is 43.2 Å². The Morgan fingerprint density at radius 2 is 2.12 bits per heavy atom. The van der Waals surface area contributed by atoms with Gasteiger partial charge in [-0.1, -0.05) is 6.07 Å². The zero-order valence-electron chi connectivity index (χ0n) is 8.29. The smallest absolute Gasteiger partial charge is 0.138 e. The average molecular weight is 209 g/mol. The molecular weight excluding hydrogens is 202 g/mol. The van der Waals surface area contributed by atoms with Crippen LogP contribution in [0.25, 0.3) is 27.5 Å². The molecule has 4 aromatic rings. The first-order valence-corrected chi connectivity index (χ1v) is 5.01. The number of imidazole rings is 1. The van der Waals surface area contributed by atoms with Crippen LogP contribution in [0.4, 0.5) is 0 Å². The Balaban J connectivity index is 2.55. The summed E-state index contributed by atoms with van der Waals surface area (Å²) >= 11 is 0. The summed E-state index contributed by atoms with van der Waals surface area (Å²) in [6, 6.07) is 5.86. The van der Waals surface area contributed by atoms with Gasteiger partial charge in [0.25, 0.3) is 0 Å². The number of aromatic nitrogens is 3. The minimum atomic E-state index is 0.825. The Labute approximate surface area is 90.1 Å². The van der Waals surface area contributed by atoms with Crippen LogP contribution in [0.2, 0.25) is 0 Å². The van der Waals surface area contributed by atoms with Crippen molar-refractivity contribution < 1.29 is 4.42 Å². The fourth-order valence-corrected chi connectivity index (χ4v) is 2.10. The Morgan fingerprint density at radius 3 is 3.12 bits per heavy atom. The van der Waals surface area contributed by atoms with Crippen LogP contribution in [0, 0.1) is 0 Å². The fourth-order valence-electron chi connectivity index (χ4n) is 2.10. The molecule has 0 bridgehead atoms. The SMILES string of the molecule is c1cc2ncc3ncn4ccoc(c1)c2c34. The first kappa shape index (κ1) is 7.87. The van der Waals surface area contributed by atoms with Gasteiger partial charge in [0.05, 0.1) is 22.6 Å². The summed E-state index contributed by atoms with van der Waals surface area (Å²) in [6.45, 7) is 0. The monoisotopic (exact) mass is 209 g/mol. The van der Waals surface area contributed by atoms with Crippen molar-refractivity contribution in [2.24, 2.45) is 0 Å². The second kappa shape index (κ2) is 2.61. The van der Waals surface area contributed by atoms with Gasteiger partial charge >= 0.3 is 0 Å². The summed E-state index contributed by atoms with van der Waals surface area (Å²) in [5.41, 5.74) is 3.69. The molecule has 0 saturated heterocycles. The molecule has 16 heavy (non-hydrogen) atoms. The highest BCUT2D eigenvalue weighted by molar-refractivity contribution is 6.09. The van der Waals surface area contributed by atoms with E-state index < -0.39 is 0 Å². The predicted octanol–water partition coefficient (Wildman–Crippen LogP) is 2.63. The fraction of sp³-hybridized carbons (Fsp3) is 0. The zero-order chi connectivity index (χ0) is 10.5. The second-order valence-electron chi connectivity index (χ2n) is 3.70. The quantitative estimate of drug-likeness (QED) is 0.447. The lowest BCUT2D eigenvalue weighted by Crippen LogP contribution is -1.83. The third-order valence-electron chi connectivity index (χ3n) is 2.81. The molecule has 0 unspecified atom stereocenters. The first-order chi connectivity index (χ1) is 7.93. The predicted molar refractivity (Wildman–Crippen MR) is 60.3 cm³/mol. The van der Waals surface area contributed by atoms with Crippen molar-refractivity contribution >= 4 is 27.5 Å². The molecule has 0 N–H and O–H groups in total. The van der Waals surface area contributed by atoms with E-state index >= 15 is 0 Å². The van der Waals surface area contributed by atoms with E-state index in [1.54, 1.807) is 18.8 Å². The van der Waals surface area contributed by atoms with E-state index in [2.05, 4.69) is 9.97 Å². The lowest BCUT2D eigenvalue weighted by atomic mass is 10.2. The molecule has 1 aromatic carbocycles. The van der Waals surface area contributed by atoms with Gasteiger partial charge in [0, 0.05) is 6.20 Å². The maximum atomic E-state index is 5.56.